The van der Waals surface area contributed by atoms with Crippen LogP contribution in [0.5, 0.6) is 0 Å². The first-order valence-electron chi connectivity index (χ1n) is 8.60. The average Bonchev–Trinajstić information content (AvgIpc) is 3.38. The molecule has 0 bridgehead atoms. The molecular formula is C19H20ClN5. The van der Waals surface area contributed by atoms with E-state index in [-0.39, 0.29) is 0 Å². The van der Waals surface area contributed by atoms with Crippen LogP contribution in [-0.2, 0) is 19.5 Å². The number of anilines is 1. The van der Waals surface area contributed by atoms with E-state index >= 15 is 0 Å². The molecule has 0 amide bonds. The summed E-state index contributed by atoms with van der Waals surface area (Å²) in [6, 6.07) is 12.3. The van der Waals surface area contributed by atoms with Crippen LogP contribution in [0.1, 0.15) is 36.0 Å². The van der Waals surface area contributed by atoms with Gasteiger partial charge in [0.15, 0.2) is 0 Å². The summed E-state index contributed by atoms with van der Waals surface area (Å²) in [7, 11) is 0. The lowest BCUT2D eigenvalue weighted by Crippen LogP contribution is -2.11. The van der Waals surface area contributed by atoms with Gasteiger partial charge < -0.3 is 9.88 Å². The van der Waals surface area contributed by atoms with Gasteiger partial charge >= 0.3 is 0 Å². The summed E-state index contributed by atoms with van der Waals surface area (Å²) in [6.45, 7) is 1.51. The molecule has 3 aromatic rings. The number of aryl methyl sites for hydroxylation is 2. The Bertz CT molecular complexity index is 842. The van der Waals surface area contributed by atoms with E-state index in [1.165, 1.54) is 5.56 Å². The predicted molar refractivity (Wildman–Crippen MR) is 98.7 cm³/mol. The highest BCUT2D eigenvalue weighted by Crippen LogP contribution is 2.38. The van der Waals surface area contributed by atoms with Crippen molar-refractivity contribution in [3.63, 3.8) is 0 Å². The van der Waals surface area contributed by atoms with Crippen LogP contribution >= 0.6 is 11.6 Å². The molecule has 1 N–H and O–H groups in total. The first-order chi connectivity index (χ1) is 12.3. The fraction of sp³-hybridized carbons (Fsp3) is 0.316. The number of hydrogen-bond acceptors (Lipinski definition) is 4. The van der Waals surface area contributed by atoms with E-state index in [9.17, 15) is 0 Å². The molecule has 1 aliphatic rings. The monoisotopic (exact) mass is 353 g/mol. The maximum atomic E-state index is 6.12. The van der Waals surface area contributed by atoms with Crippen LogP contribution in [0.2, 0.25) is 5.15 Å². The standard InChI is InChI=1S/C19H20ClN5/c20-16-12-17(24-19(23-16)15-6-7-15)22-13-18-21-9-11-25(18)10-8-14-4-2-1-3-5-14/h1-5,9,11-12,15H,6-8,10,13H2,(H,22,23,24). The van der Waals surface area contributed by atoms with Crippen LogP contribution in [0.3, 0.4) is 0 Å². The van der Waals surface area contributed by atoms with Crippen LogP contribution in [0.4, 0.5) is 5.82 Å². The molecule has 0 atom stereocenters. The second kappa shape index (κ2) is 7.23. The number of hydrogen-bond donors (Lipinski definition) is 1. The van der Waals surface area contributed by atoms with Crippen LogP contribution in [0.15, 0.2) is 48.8 Å². The average molecular weight is 354 g/mol. The smallest absolute Gasteiger partial charge is 0.135 e. The zero-order valence-electron chi connectivity index (χ0n) is 13.9. The largest absolute Gasteiger partial charge is 0.363 e. The maximum Gasteiger partial charge on any atom is 0.135 e. The molecule has 1 fully saturated rings. The summed E-state index contributed by atoms with van der Waals surface area (Å²) in [6.07, 6.45) is 7.15. The second-order valence-corrected chi connectivity index (χ2v) is 6.72. The summed E-state index contributed by atoms with van der Waals surface area (Å²) in [5, 5.41) is 3.82. The number of aromatic nitrogens is 4. The van der Waals surface area contributed by atoms with Crippen LogP contribution in [0.25, 0.3) is 0 Å². The summed E-state index contributed by atoms with van der Waals surface area (Å²) in [4.78, 5) is 13.3. The van der Waals surface area contributed by atoms with Gasteiger partial charge in [-0.15, -0.1) is 0 Å². The van der Waals surface area contributed by atoms with Crippen molar-refractivity contribution in [1.82, 2.24) is 19.5 Å². The third kappa shape index (κ3) is 4.17. The molecule has 1 saturated carbocycles. The number of imidazole rings is 1. The van der Waals surface area contributed by atoms with Crippen LogP contribution in [0, 0.1) is 0 Å². The minimum Gasteiger partial charge on any atom is -0.363 e. The highest BCUT2D eigenvalue weighted by molar-refractivity contribution is 6.29. The van der Waals surface area contributed by atoms with Crippen molar-refractivity contribution in [2.75, 3.05) is 5.32 Å². The summed E-state index contributed by atoms with van der Waals surface area (Å²) in [5.74, 6) is 3.08. The topological polar surface area (TPSA) is 55.6 Å². The summed E-state index contributed by atoms with van der Waals surface area (Å²) >= 11 is 6.12. The number of nitrogens with zero attached hydrogens (tertiary/aromatic N) is 4. The van der Waals surface area contributed by atoms with Crippen molar-refractivity contribution >= 4 is 17.4 Å². The Morgan fingerprint density at radius 2 is 2.00 bits per heavy atom. The zero-order chi connectivity index (χ0) is 17.1. The molecule has 2 heterocycles. The fourth-order valence-corrected chi connectivity index (χ4v) is 3.01. The summed E-state index contributed by atoms with van der Waals surface area (Å²) < 4.78 is 2.17. The third-order valence-electron chi connectivity index (χ3n) is 4.37. The molecule has 25 heavy (non-hydrogen) atoms. The minimum atomic E-state index is 0.479. The van der Waals surface area contributed by atoms with Crippen molar-refractivity contribution in [1.29, 1.82) is 0 Å². The van der Waals surface area contributed by atoms with Crippen LogP contribution < -0.4 is 5.32 Å². The Balaban J connectivity index is 1.39. The third-order valence-corrected chi connectivity index (χ3v) is 4.56. The molecule has 4 rings (SSSR count). The predicted octanol–water partition coefficient (Wildman–Crippen LogP) is 4.06. The van der Waals surface area contributed by atoms with E-state index in [0.29, 0.717) is 17.6 Å². The van der Waals surface area contributed by atoms with E-state index in [1.54, 1.807) is 6.07 Å². The molecule has 0 saturated heterocycles. The zero-order valence-corrected chi connectivity index (χ0v) is 14.7. The van der Waals surface area contributed by atoms with Gasteiger partial charge in [0, 0.05) is 30.9 Å². The van der Waals surface area contributed by atoms with Crippen molar-refractivity contribution in [2.45, 2.75) is 38.3 Å². The van der Waals surface area contributed by atoms with Gasteiger partial charge in [0.1, 0.15) is 22.6 Å². The van der Waals surface area contributed by atoms with Crippen LogP contribution in [-0.4, -0.2) is 19.5 Å². The molecule has 2 aromatic heterocycles. The Labute approximate surface area is 152 Å². The van der Waals surface area contributed by atoms with Crippen molar-refractivity contribution < 1.29 is 0 Å². The Morgan fingerprint density at radius 1 is 1.16 bits per heavy atom. The van der Waals surface area contributed by atoms with Gasteiger partial charge in [0.25, 0.3) is 0 Å². The van der Waals surface area contributed by atoms with Gasteiger partial charge in [-0.1, -0.05) is 41.9 Å². The number of nitrogens with one attached hydrogen (secondary N) is 1. The van der Waals surface area contributed by atoms with E-state index in [1.807, 2.05) is 18.5 Å². The molecule has 1 aliphatic carbocycles. The van der Waals surface area contributed by atoms with E-state index in [4.69, 9.17) is 11.6 Å². The molecule has 0 spiro atoms. The van der Waals surface area contributed by atoms with Gasteiger partial charge in [0.05, 0.1) is 6.54 Å². The highest BCUT2D eigenvalue weighted by Gasteiger charge is 2.27. The molecule has 0 unspecified atom stereocenters. The van der Waals surface area contributed by atoms with Gasteiger partial charge in [-0.2, -0.15) is 0 Å². The fourth-order valence-electron chi connectivity index (χ4n) is 2.82. The molecule has 1 aromatic carbocycles. The van der Waals surface area contributed by atoms with Crippen molar-refractivity contribution in [2.24, 2.45) is 0 Å². The lowest BCUT2D eigenvalue weighted by molar-refractivity contribution is 0.657. The Morgan fingerprint density at radius 3 is 2.80 bits per heavy atom. The molecule has 0 radical (unpaired) electrons. The molecular weight excluding hydrogens is 334 g/mol. The second-order valence-electron chi connectivity index (χ2n) is 6.33. The van der Waals surface area contributed by atoms with Gasteiger partial charge in [-0.3, -0.25) is 0 Å². The van der Waals surface area contributed by atoms with Gasteiger partial charge in [-0.05, 0) is 24.8 Å². The number of benzene rings is 1. The number of rotatable bonds is 7. The molecule has 0 aliphatic heterocycles. The van der Waals surface area contributed by atoms with Crippen molar-refractivity contribution in [3.8, 4) is 0 Å². The normalized spacial score (nSPS) is 13.8. The number of halogens is 1. The quantitative estimate of drug-likeness (QED) is 0.651. The molecule has 6 heteroatoms. The first kappa shape index (κ1) is 16.1. The first-order valence-corrected chi connectivity index (χ1v) is 8.98. The lowest BCUT2D eigenvalue weighted by Gasteiger charge is -2.10. The SMILES string of the molecule is Clc1cc(NCc2nccn2CCc2ccccc2)nc(C2CC2)n1. The van der Waals surface area contributed by atoms with Gasteiger partial charge in [0.2, 0.25) is 0 Å². The van der Waals surface area contributed by atoms with E-state index in [2.05, 4.69) is 49.1 Å². The van der Waals surface area contributed by atoms with Gasteiger partial charge in [-0.25, -0.2) is 15.0 Å². The lowest BCUT2D eigenvalue weighted by atomic mass is 10.1. The maximum absolute atomic E-state index is 6.12. The van der Waals surface area contributed by atoms with Crippen molar-refractivity contribution in [3.05, 3.63) is 71.2 Å². The molecule has 128 valence electrons. The molecule has 5 nitrogen and oxygen atoms in total. The minimum absolute atomic E-state index is 0.479. The van der Waals surface area contributed by atoms with E-state index < -0.39 is 0 Å². The highest BCUT2D eigenvalue weighted by atomic mass is 35.5. The Hall–Kier alpha value is -2.40. The summed E-state index contributed by atoms with van der Waals surface area (Å²) in [5.41, 5.74) is 1.33. The van der Waals surface area contributed by atoms with E-state index in [0.717, 1.165) is 43.3 Å². The Kier molecular flexibility index (Phi) is 4.65.